The Bertz CT molecular complexity index is 485. The van der Waals surface area contributed by atoms with Gasteiger partial charge in [0.1, 0.15) is 5.82 Å². The monoisotopic (exact) mass is 319 g/mol. The van der Waals surface area contributed by atoms with Gasteiger partial charge < -0.3 is 9.47 Å². The summed E-state index contributed by atoms with van der Waals surface area (Å²) in [6, 6.07) is 0. The second kappa shape index (κ2) is 8.51. The molecule has 23 heavy (non-hydrogen) atoms. The quantitative estimate of drug-likeness (QED) is 0.767. The average Bonchev–Trinajstić information content (AvgIpc) is 2.92. The van der Waals surface area contributed by atoms with E-state index in [0.717, 1.165) is 45.3 Å². The summed E-state index contributed by atoms with van der Waals surface area (Å²) in [5.41, 5.74) is 0. The molecule has 0 aromatic carbocycles. The Balaban J connectivity index is 1.79. The standard InChI is InChI=1S/C19H33N3O/c1-15(2)5-6-19(23)21-10-7-17(8-11-21)13-18-20-9-12-22(18)14-16(3)4/h9,12,15-17H,5-8,10-11,13-14H2,1-4H3. The molecule has 2 heterocycles. The molecule has 130 valence electrons. The van der Waals surface area contributed by atoms with Gasteiger partial charge in [-0.2, -0.15) is 0 Å². The van der Waals surface area contributed by atoms with Crippen LogP contribution in [0.25, 0.3) is 0 Å². The van der Waals surface area contributed by atoms with Crippen molar-refractivity contribution in [3.63, 3.8) is 0 Å². The molecule has 1 aliphatic rings. The molecule has 1 fully saturated rings. The van der Waals surface area contributed by atoms with Gasteiger partial charge in [0, 0.05) is 44.9 Å². The summed E-state index contributed by atoms with van der Waals surface area (Å²) in [6.07, 6.45) is 9.01. The molecule has 2 rings (SSSR count). The third-order valence-corrected chi connectivity index (χ3v) is 4.74. The van der Waals surface area contributed by atoms with E-state index in [1.54, 1.807) is 0 Å². The van der Waals surface area contributed by atoms with Crippen LogP contribution in [0, 0.1) is 17.8 Å². The summed E-state index contributed by atoms with van der Waals surface area (Å²) in [4.78, 5) is 18.8. The predicted octanol–water partition coefficient (Wildman–Crippen LogP) is 3.76. The molecule has 1 aliphatic heterocycles. The van der Waals surface area contributed by atoms with Crippen LogP contribution in [0.3, 0.4) is 0 Å². The number of imidazole rings is 1. The van der Waals surface area contributed by atoms with Crippen LogP contribution in [0.2, 0.25) is 0 Å². The van der Waals surface area contributed by atoms with E-state index >= 15 is 0 Å². The maximum atomic E-state index is 12.2. The van der Waals surface area contributed by atoms with Crippen molar-refractivity contribution >= 4 is 5.91 Å². The highest BCUT2D eigenvalue weighted by Gasteiger charge is 2.24. The molecule has 1 aromatic rings. The fourth-order valence-corrected chi connectivity index (χ4v) is 3.30. The van der Waals surface area contributed by atoms with E-state index in [9.17, 15) is 4.79 Å². The van der Waals surface area contributed by atoms with E-state index in [1.165, 1.54) is 5.82 Å². The van der Waals surface area contributed by atoms with Crippen molar-refractivity contribution < 1.29 is 4.79 Å². The van der Waals surface area contributed by atoms with Gasteiger partial charge in [-0.1, -0.05) is 27.7 Å². The lowest BCUT2D eigenvalue weighted by Crippen LogP contribution is -2.39. The molecule has 0 saturated carbocycles. The lowest BCUT2D eigenvalue weighted by molar-refractivity contribution is -0.132. The zero-order chi connectivity index (χ0) is 16.8. The highest BCUT2D eigenvalue weighted by atomic mass is 16.2. The summed E-state index contributed by atoms with van der Waals surface area (Å²) < 4.78 is 2.30. The predicted molar refractivity (Wildman–Crippen MR) is 94.1 cm³/mol. The molecule has 1 aromatic heterocycles. The third kappa shape index (κ3) is 5.67. The summed E-state index contributed by atoms with van der Waals surface area (Å²) in [5, 5.41) is 0. The van der Waals surface area contributed by atoms with Crippen LogP contribution < -0.4 is 0 Å². The van der Waals surface area contributed by atoms with E-state index in [2.05, 4.69) is 48.3 Å². The smallest absolute Gasteiger partial charge is 0.222 e. The van der Waals surface area contributed by atoms with Crippen molar-refractivity contribution in [3.05, 3.63) is 18.2 Å². The Morgan fingerprint density at radius 2 is 1.91 bits per heavy atom. The Labute approximate surface area is 141 Å². The lowest BCUT2D eigenvalue weighted by atomic mass is 9.92. The van der Waals surface area contributed by atoms with Crippen LogP contribution in [-0.2, 0) is 17.8 Å². The molecular weight excluding hydrogens is 286 g/mol. The number of aromatic nitrogens is 2. The molecule has 0 radical (unpaired) electrons. The number of piperidine rings is 1. The van der Waals surface area contributed by atoms with Crippen molar-refractivity contribution in [3.8, 4) is 0 Å². The fraction of sp³-hybridized carbons (Fsp3) is 0.789. The van der Waals surface area contributed by atoms with Crippen LogP contribution in [0.1, 0.15) is 59.2 Å². The number of carbonyl (C=O) groups excluding carboxylic acids is 1. The van der Waals surface area contributed by atoms with Gasteiger partial charge in [0.25, 0.3) is 0 Å². The fourth-order valence-electron chi connectivity index (χ4n) is 3.30. The van der Waals surface area contributed by atoms with Gasteiger partial charge in [-0.05, 0) is 37.0 Å². The number of rotatable bonds is 7. The minimum absolute atomic E-state index is 0.346. The first kappa shape index (κ1) is 18.0. The zero-order valence-electron chi connectivity index (χ0n) is 15.3. The van der Waals surface area contributed by atoms with Crippen LogP contribution in [0.15, 0.2) is 12.4 Å². The second-order valence-electron chi connectivity index (χ2n) is 7.85. The van der Waals surface area contributed by atoms with Crippen LogP contribution in [0.5, 0.6) is 0 Å². The lowest BCUT2D eigenvalue weighted by Gasteiger charge is -2.32. The number of amides is 1. The third-order valence-electron chi connectivity index (χ3n) is 4.74. The molecule has 0 atom stereocenters. The zero-order valence-corrected chi connectivity index (χ0v) is 15.3. The van der Waals surface area contributed by atoms with Gasteiger partial charge in [-0.3, -0.25) is 4.79 Å². The molecule has 0 unspecified atom stereocenters. The number of hydrogen-bond acceptors (Lipinski definition) is 2. The van der Waals surface area contributed by atoms with E-state index in [-0.39, 0.29) is 0 Å². The summed E-state index contributed by atoms with van der Waals surface area (Å²) in [6.45, 7) is 11.7. The van der Waals surface area contributed by atoms with Gasteiger partial charge in [-0.15, -0.1) is 0 Å². The van der Waals surface area contributed by atoms with Gasteiger partial charge >= 0.3 is 0 Å². The van der Waals surface area contributed by atoms with Crippen molar-refractivity contribution in [1.82, 2.24) is 14.5 Å². The Kier molecular flexibility index (Phi) is 6.67. The van der Waals surface area contributed by atoms with E-state index in [0.29, 0.717) is 30.1 Å². The molecule has 0 N–H and O–H groups in total. The summed E-state index contributed by atoms with van der Waals surface area (Å²) in [7, 11) is 0. The van der Waals surface area contributed by atoms with Crippen molar-refractivity contribution in [2.45, 2.75) is 66.3 Å². The van der Waals surface area contributed by atoms with Gasteiger partial charge in [0.2, 0.25) is 5.91 Å². The first-order valence-corrected chi connectivity index (χ1v) is 9.23. The van der Waals surface area contributed by atoms with E-state index < -0.39 is 0 Å². The number of carbonyl (C=O) groups is 1. The number of hydrogen-bond donors (Lipinski definition) is 0. The van der Waals surface area contributed by atoms with Gasteiger partial charge in [-0.25, -0.2) is 4.98 Å². The molecular formula is C19H33N3O. The van der Waals surface area contributed by atoms with Crippen LogP contribution >= 0.6 is 0 Å². The Morgan fingerprint density at radius 3 is 2.52 bits per heavy atom. The SMILES string of the molecule is CC(C)CCC(=O)N1CCC(Cc2nccn2CC(C)C)CC1. The number of likely N-dealkylation sites (tertiary alicyclic amines) is 1. The maximum absolute atomic E-state index is 12.2. The Hall–Kier alpha value is -1.32. The van der Waals surface area contributed by atoms with Crippen molar-refractivity contribution in [1.29, 1.82) is 0 Å². The molecule has 0 spiro atoms. The van der Waals surface area contributed by atoms with Crippen molar-refractivity contribution in [2.24, 2.45) is 17.8 Å². The van der Waals surface area contributed by atoms with Crippen LogP contribution in [-0.4, -0.2) is 33.4 Å². The molecule has 0 aliphatic carbocycles. The topological polar surface area (TPSA) is 38.1 Å². The van der Waals surface area contributed by atoms with Crippen LogP contribution in [0.4, 0.5) is 0 Å². The van der Waals surface area contributed by atoms with E-state index in [4.69, 9.17) is 0 Å². The molecule has 4 heteroatoms. The maximum Gasteiger partial charge on any atom is 0.222 e. The minimum atomic E-state index is 0.346. The van der Waals surface area contributed by atoms with E-state index in [1.807, 2.05) is 6.20 Å². The highest BCUT2D eigenvalue weighted by molar-refractivity contribution is 5.76. The van der Waals surface area contributed by atoms with Gasteiger partial charge in [0.15, 0.2) is 0 Å². The largest absolute Gasteiger partial charge is 0.343 e. The molecule has 4 nitrogen and oxygen atoms in total. The van der Waals surface area contributed by atoms with Crippen molar-refractivity contribution in [2.75, 3.05) is 13.1 Å². The normalized spacial score (nSPS) is 16.5. The Morgan fingerprint density at radius 1 is 1.22 bits per heavy atom. The molecule has 1 amide bonds. The average molecular weight is 319 g/mol. The second-order valence-corrected chi connectivity index (χ2v) is 7.85. The minimum Gasteiger partial charge on any atom is -0.343 e. The number of nitrogens with zero attached hydrogens (tertiary/aromatic N) is 3. The van der Waals surface area contributed by atoms with Gasteiger partial charge in [0.05, 0.1) is 0 Å². The summed E-state index contributed by atoms with van der Waals surface area (Å²) in [5.74, 6) is 3.47. The molecule has 1 saturated heterocycles. The highest BCUT2D eigenvalue weighted by Crippen LogP contribution is 2.22. The first-order valence-electron chi connectivity index (χ1n) is 9.23. The molecule has 0 bridgehead atoms. The first-order chi connectivity index (χ1) is 11.0. The summed E-state index contributed by atoms with van der Waals surface area (Å²) >= 11 is 0.